The summed E-state index contributed by atoms with van der Waals surface area (Å²) >= 11 is 0. The molecule has 4 heteroatoms. The van der Waals surface area contributed by atoms with Crippen molar-refractivity contribution >= 4 is 12.4 Å². The van der Waals surface area contributed by atoms with Gasteiger partial charge in [0, 0.05) is 0 Å². The Morgan fingerprint density at radius 1 is 1.64 bits per heavy atom. The molecular formula is C7H11O4. The molecule has 0 bridgehead atoms. The summed E-state index contributed by atoms with van der Waals surface area (Å²) in [6.45, 7) is 3.10. The highest BCUT2D eigenvalue weighted by atomic mass is 16.6. The third-order valence-electron chi connectivity index (χ3n) is 1.21. The molecule has 0 aliphatic carbocycles. The minimum Gasteiger partial charge on any atom is -0.466 e. The van der Waals surface area contributed by atoms with E-state index in [0.717, 1.165) is 6.42 Å². The van der Waals surface area contributed by atoms with Crippen LogP contribution in [-0.2, 0) is 19.1 Å². The largest absolute Gasteiger partial charge is 0.466 e. The van der Waals surface area contributed by atoms with Crippen LogP contribution in [0.5, 0.6) is 0 Å². The maximum atomic E-state index is 10.8. The molecule has 0 aliphatic heterocycles. The summed E-state index contributed by atoms with van der Waals surface area (Å²) in [5.41, 5.74) is 0. The van der Waals surface area contributed by atoms with Crippen molar-refractivity contribution in [1.29, 1.82) is 0 Å². The number of hydrogen-bond acceptors (Lipinski definition) is 4. The average Bonchev–Trinajstić information content (AvgIpc) is 2.03. The molecule has 0 fully saturated rings. The minimum atomic E-state index is -0.789. The van der Waals surface area contributed by atoms with Crippen molar-refractivity contribution in [2.45, 2.75) is 25.9 Å². The summed E-state index contributed by atoms with van der Waals surface area (Å²) in [7, 11) is 1.25. The van der Waals surface area contributed by atoms with E-state index < -0.39 is 12.1 Å². The Balaban J connectivity index is 3.86. The van der Waals surface area contributed by atoms with Gasteiger partial charge in [-0.05, 0) is 6.42 Å². The van der Waals surface area contributed by atoms with Gasteiger partial charge in [-0.25, -0.2) is 9.59 Å². The number of rotatable bonds is 5. The van der Waals surface area contributed by atoms with Gasteiger partial charge in [-0.15, -0.1) is 0 Å². The van der Waals surface area contributed by atoms with Crippen LogP contribution in [0.3, 0.4) is 0 Å². The third kappa shape index (κ3) is 3.60. The van der Waals surface area contributed by atoms with Gasteiger partial charge in [0.1, 0.15) is 0 Å². The first-order chi connectivity index (χ1) is 5.26. The Labute approximate surface area is 65.5 Å². The van der Waals surface area contributed by atoms with Crippen molar-refractivity contribution in [1.82, 2.24) is 0 Å². The average molecular weight is 159 g/mol. The molecule has 0 aromatic rings. The minimum absolute atomic E-state index is 0.474. The van der Waals surface area contributed by atoms with Crippen LogP contribution in [0.15, 0.2) is 0 Å². The highest BCUT2D eigenvalue weighted by molar-refractivity contribution is 5.75. The zero-order valence-electron chi connectivity index (χ0n) is 6.62. The van der Waals surface area contributed by atoms with Gasteiger partial charge in [-0.3, -0.25) is 0 Å². The molecule has 0 amide bonds. The number of hydrogen-bond donors (Lipinski definition) is 0. The lowest BCUT2D eigenvalue weighted by Gasteiger charge is -2.09. The smallest absolute Gasteiger partial charge is 0.418 e. The molecule has 0 rings (SSSR count). The first kappa shape index (κ1) is 9.94. The van der Waals surface area contributed by atoms with Gasteiger partial charge in [0.2, 0.25) is 0 Å². The fourth-order valence-electron chi connectivity index (χ4n) is 0.677. The van der Waals surface area contributed by atoms with E-state index in [1.807, 2.05) is 6.92 Å². The molecule has 63 valence electrons. The quantitative estimate of drug-likeness (QED) is 0.545. The zero-order chi connectivity index (χ0) is 8.69. The van der Waals surface area contributed by atoms with Crippen LogP contribution < -0.4 is 0 Å². The molecule has 4 nitrogen and oxygen atoms in total. The van der Waals surface area contributed by atoms with Crippen molar-refractivity contribution in [3.63, 3.8) is 0 Å². The molecule has 1 atom stereocenters. The maximum Gasteiger partial charge on any atom is 0.418 e. The summed E-state index contributed by atoms with van der Waals surface area (Å²) in [5, 5.41) is 0. The Morgan fingerprint density at radius 3 is 2.64 bits per heavy atom. The van der Waals surface area contributed by atoms with E-state index in [0.29, 0.717) is 6.42 Å². The molecule has 1 unspecified atom stereocenters. The van der Waals surface area contributed by atoms with Crippen LogP contribution in [0, 0.1) is 0 Å². The van der Waals surface area contributed by atoms with E-state index in [1.165, 1.54) is 13.6 Å². The lowest BCUT2D eigenvalue weighted by molar-refractivity contribution is -0.149. The van der Waals surface area contributed by atoms with E-state index >= 15 is 0 Å². The van der Waals surface area contributed by atoms with Crippen molar-refractivity contribution in [2.75, 3.05) is 7.11 Å². The molecule has 0 aromatic carbocycles. The van der Waals surface area contributed by atoms with E-state index in [4.69, 9.17) is 0 Å². The highest BCUT2D eigenvalue weighted by Crippen LogP contribution is 2.02. The van der Waals surface area contributed by atoms with Crippen molar-refractivity contribution < 1.29 is 19.1 Å². The molecule has 0 spiro atoms. The standard InChI is InChI=1S/C7H11O4/c1-3-4-6(11-5-8)7(9)10-2/h6H,3-4H2,1-2H3. The predicted molar refractivity (Wildman–Crippen MR) is 37.5 cm³/mol. The highest BCUT2D eigenvalue weighted by Gasteiger charge is 2.18. The molecule has 0 saturated heterocycles. The zero-order valence-corrected chi connectivity index (χ0v) is 6.62. The second-order valence-corrected chi connectivity index (χ2v) is 2.00. The van der Waals surface area contributed by atoms with E-state index in [-0.39, 0.29) is 0 Å². The van der Waals surface area contributed by atoms with E-state index in [9.17, 15) is 9.59 Å². The molecule has 11 heavy (non-hydrogen) atoms. The monoisotopic (exact) mass is 159 g/mol. The van der Waals surface area contributed by atoms with Crippen LogP contribution in [-0.4, -0.2) is 25.7 Å². The number of esters is 1. The lowest BCUT2D eigenvalue weighted by atomic mass is 10.2. The van der Waals surface area contributed by atoms with Crippen LogP contribution in [0.25, 0.3) is 0 Å². The molecule has 0 aliphatic rings. The van der Waals surface area contributed by atoms with Crippen molar-refractivity contribution in [2.24, 2.45) is 0 Å². The molecule has 0 aromatic heterocycles. The normalized spacial score (nSPS) is 11.8. The summed E-state index contributed by atoms with van der Waals surface area (Å²) in [6.07, 6.45) is 0.436. The molecule has 0 saturated carbocycles. The van der Waals surface area contributed by atoms with Gasteiger partial charge >= 0.3 is 12.4 Å². The molecule has 0 N–H and O–H groups in total. The van der Waals surface area contributed by atoms with Gasteiger partial charge in [0.25, 0.3) is 0 Å². The fourth-order valence-corrected chi connectivity index (χ4v) is 0.677. The lowest BCUT2D eigenvalue weighted by Crippen LogP contribution is -2.24. The summed E-state index contributed by atoms with van der Waals surface area (Å²) in [4.78, 5) is 20.5. The third-order valence-corrected chi connectivity index (χ3v) is 1.21. The van der Waals surface area contributed by atoms with Gasteiger partial charge in [0.15, 0.2) is 6.10 Å². The topological polar surface area (TPSA) is 52.6 Å². The number of carbonyl (C=O) groups excluding carboxylic acids is 2. The maximum absolute atomic E-state index is 10.8. The van der Waals surface area contributed by atoms with Gasteiger partial charge in [-0.1, -0.05) is 13.3 Å². The SMILES string of the molecule is CCCC(O[C]=O)C(=O)OC. The van der Waals surface area contributed by atoms with Crippen LogP contribution in [0.2, 0.25) is 0 Å². The first-order valence-electron chi connectivity index (χ1n) is 3.36. The van der Waals surface area contributed by atoms with Crippen LogP contribution in [0.4, 0.5) is 0 Å². The molecular weight excluding hydrogens is 148 g/mol. The Morgan fingerprint density at radius 2 is 2.27 bits per heavy atom. The van der Waals surface area contributed by atoms with E-state index in [1.54, 1.807) is 0 Å². The summed E-state index contributed by atoms with van der Waals surface area (Å²) < 4.78 is 8.73. The summed E-state index contributed by atoms with van der Waals surface area (Å²) in [6, 6.07) is 0. The van der Waals surface area contributed by atoms with Crippen LogP contribution in [0.1, 0.15) is 19.8 Å². The Hall–Kier alpha value is -1.06. The van der Waals surface area contributed by atoms with Crippen molar-refractivity contribution in [3.8, 4) is 0 Å². The summed E-state index contributed by atoms with van der Waals surface area (Å²) in [5.74, 6) is -0.532. The molecule has 0 heterocycles. The van der Waals surface area contributed by atoms with Crippen LogP contribution >= 0.6 is 0 Å². The van der Waals surface area contributed by atoms with Gasteiger partial charge in [-0.2, -0.15) is 0 Å². The van der Waals surface area contributed by atoms with Gasteiger partial charge in [0.05, 0.1) is 7.11 Å². The Kier molecular flexibility index (Phi) is 5.15. The van der Waals surface area contributed by atoms with Gasteiger partial charge < -0.3 is 9.47 Å². The second-order valence-electron chi connectivity index (χ2n) is 2.00. The number of ether oxygens (including phenoxy) is 2. The van der Waals surface area contributed by atoms with E-state index in [2.05, 4.69) is 9.47 Å². The Bertz CT molecular complexity index is 132. The number of carbonyl (C=O) groups is 1. The second kappa shape index (κ2) is 5.70. The van der Waals surface area contributed by atoms with Crippen molar-refractivity contribution in [3.05, 3.63) is 0 Å². The fraction of sp³-hybridized carbons (Fsp3) is 0.714. The molecule has 1 radical (unpaired) electrons. The first-order valence-corrected chi connectivity index (χ1v) is 3.36. The number of methoxy groups -OCH3 is 1. The predicted octanol–water partition coefficient (Wildman–Crippen LogP) is 0.412.